The van der Waals surface area contributed by atoms with Gasteiger partial charge < -0.3 is 33.8 Å². The SMILES string of the molecule is CCCCCCCCCCC(=O)OC[C@H](COP(=O)(O)OC[C@H](O)COP(=O)(O)OC[C@@H](COC(=O)CCCCCCCCCCCCC(C)CC)OC(=O)CCCCCCCCCCCCCCCCCCC(C)C)OC(=O)CCCCCCCCCCCC(C)C. The quantitative estimate of drug-likeness (QED) is 0.0222. The number of ether oxygens (including phenoxy) is 4. The molecule has 19 heteroatoms. The summed E-state index contributed by atoms with van der Waals surface area (Å²) in [5, 5.41) is 10.6. The van der Waals surface area contributed by atoms with Crippen LogP contribution < -0.4 is 0 Å². The molecule has 6 atom stereocenters. The summed E-state index contributed by atoms with van der Waals surface area (Å²) in [4.78, 5) is 72.6. The Morgan fingerprint density at radius 2 is 0.548 bits per heavy atom. The first kappa shape index (κ1) is 91.1. The molecule has 552 valence electrons. The lowest BCUT2D eigenvalue weighted by atomic mass is 9.99. The van der Waals surface area contributed by atoms with Crippen molar-refractivity contribution in [3.05, 3.63) is 0 Å². The van der Waals surface area contributed by atoms with Crippen molar-refractivity contribution in [2.45, 2.75) is 394 Å². The molecule has 0 bridgehead atoms. The highest BCUT2D eigenvalue weighted by Crippen LogP contribution is 2.45. The van der Waals surface area contributed by atoms with Crippen LogP contribution in [0.1, 0.15) is 376 Å². The highest BCUT2D eigenvalue weighted by Gasteiger charge is 2.30. The zero-order valence-corrected chi connectivity index (χ0v) is 62.5. The van der Waals surface area contributed by atoms with Crippen molar-refractivity contribution in [2.75, 3.05) is 39.6 Å². The first-order valence-electron chi connectivity index (χ1n) is 38.4. The average Bonchev–Trinajstić information content (AvgIpc) is 2.05. The van der Waals surface area contributed by atoms with Crippen LogP contribution in [0.15, 0.2) is 0 Å². The molecule has 0 aromatic heterocycles. The van der Waals surface area contributed by atoms with E-state index in [2.05, 4.69) is 48.5 Å². The van der Waals surface area contributed by atoms with E-state index in [1.54, 1.807) is 0 Å². The van der Waals surface area contributed by atoms with Crippen molar-refractivity contribution >= 4 is 39.5 Å². The zero-order chi connectivity index (χ0) is 68.7. The molecule has 0 aliphatic heterocycles. The van der Waals surface area contributed by atoms with Gasteiger partial charge in [0.2, 0.25) is 0 Å². The van der Waals surface area contributed by atoms with Gasteiger partial charge in [0.25, 0.3) is 0 Å². The van der Waals surface area contributed by atoms with Crippen LogP contribution in [-0.2, 0) is 65.4 Å². The van der Waals surface area contributed by atoms with Crippen LogP contribution in [0.2, 0.25) is 0 Å². The van der Waals surface area contributed by atoms with E-state index >= 15 is 0 Å². The monoisotopic (exact) mass is 1370 g/mol. The van der Waals surface area contributed by atoms with Gasteiger partial charge in [-0.15, -0.1) is 0 Å². The highest BCUT2D eigenvalue weighted by atomic mass is 31.2. The maximum Gasteiger partial charge on any atom is 0.472 e. The van der Waals surface area contributed by atoms with Gasteiger partial charge in [0.1, 0.15) is 19.3 Å². The first-order valence-corrected chi connectivity index (χ1v) is 41.4. The predicted molar refractivity (Wildman–Crippen MR) is 377 cm³/mol. The summed E-state index contributed by atoms with van der Waals surface area (Å²) in [6.45, 7) is 11.9. The van der Waals surface area contributed by atoms with E-state index < -0.39 is 97.5 Å². The van der Waals surface area contributed by atoms with Gasteiger partial charge in [-0.3, -0.25) is 37.3 Å². The molecule has 0 aliphatic rings. The summed E-state index contributed by atoms with van der Waals surface area (Å²) < 4.78 is 68.4. The van der Waals surface area contributed by atoms with Crippen LogP contribution in [0.25, 0.3) is 0 Å². The second kappa shape index (κ2) is 64.7. The number of aliphatic hydroxyl groups is 1. The fourth-order valence-corrected chi connectivity index (χ4v) is 12.8. The van der Waals surface area contributed by atoms with Gasteiger partial charge in [-0.25, -0.2) is 9.13 Å². The van der Waals surface area contributed by atoms with Gasteiger partial charge in [0.15, 0.2) is 12.2 Å². The van der Waals surface area contributed by atoms with Gasteiger partial charge in [-0.1, -0.05) is 325 Å². The number of esters is 4. The first-order chi connectivity index (χ1) is 44.8. The number of carbonyl (C=O) groups excluding carboxylic acids is 4. The molecule has 3 unspecified atom stereocenters. The summed E-state index contributed by atoms with van der Waals surface area (Å²) in [5.41, 5.74) is 0. The summed E-state index contributed by atoms with van der Waals surface area (Å²) in [5.74, 6) is 0.232. The van der Waals surface area contributed by atoms with E-state index in [1.165, 1.54) is 180 Å². The molecule has 0 spiro atoms. The number of hydrogen-bond donors (Lipinski definition) is 3. The topological polar surface area (TPSA) is 237 Å². The van der Waals surface area contributed by atoms with Crippen molar-refractivity contribution in [1.82, 2.24) is 0 Å². The average molecular weight is 1370 g/mol. The third kappa shape index (κ3) is 67.0. The molecule has 17 nitrogen and oxygen atoms in total. The Labute approximate surface area is 568 Å². The Morgan fingerprint density at radius 3 is 0.817 bits per heavy atom. The smallest absolute Gasteiger partial charge is 0.462 e. The Bertz CT molecular complexity index is 1820. The van der Waals surface area contributed by atoms with E-state index in [1.807, 2.05) is 0 Å². The fourth-order valence-electron chi connectivity index (χ4n) is 11.2. The number of unbranched alkanes of at least 4 members (excludes halogenated alkanes) is 39. The summed E-state index contributed by atoms with van der Waals surface area (Å²) in [7, 11) is -9.90. The molecule has 3 N–H and O–H groups in total. The number of phosphoric acid groups is 2. The van der Waals surface area contributed by atoms with E-state index in [9.17, 15) is 43.2 Å². The summed E-state index contributed by atoms with van der Waals surface area (Å²) >= 11 is 0. The number of carbonyl (C=O) groups is 4. The van der Waals surface area contributed by atoms with Gasteiger partial charge >= 0.3 is 39.5 Å². The maximum atomic E-state index is 13.1. The van der Waals surface area contributed by atoms with Gasteiger partial charge in [-0.2, -0.15) is 0 Å². The molecule has 0 aromatic rings. The predicted octanol–water partition coefficient (Wildman–Crippen LogP) is 21.4. The van der Waals surface area contributed by atoms with Crippen molar-refractivity contribution in [3.8, 4) is 0 Å². The molecule has 0 saturated heterocycles. The number of phosphoric ester groups is 2. The molecule has 0 amide bonds. The Hall–Kier alpha value is -1.94. The molecule has 0 fully saturated rings. The van der Waals surface area contributed by atoms with Gasteiger partial charge in [0.05, 0.1) is 26.4 Å². The summed E-state index contributed by atoms with van der Waals surface area (Å²) in [6, 6.07) is 0. The largest absolute Gasteiger partial charge is 0.472 e. The maximum absolute atomic E-state index is 13.1. The van der Waals surface area contributed by atoms with Crippen molar-refractivity contribution in [1.29, 1.82) is 0 Å². The molecule has 0 radical (unpaired) electrons. The Kier molecular flexibility index (Phi) is 63.4. The summed E-state index contributed by atoms with van der Waals surface area (Å²) in [6.07, 6.45) is 50.0. The minimum atomic E-state index is -4.96. The second-order valence-electron chi connectivity index (χ2n) is 27.9. The molecular weight excluding hydrogens is 1220 g/mol. The Morgan fingerprint density at radius 1 is 0.312 bits per heavy atom. The van der Waals surface area contributed by atoms with E-state index in [4.69, 9.17) is 37.0 Å². The number of rotatable bonds is 72. The van der Waals surface area contributed by atoms with Crippen molar-refractivity contribution < 1.29 is 80.2 Å². The number of aliphatic hydroxyl groups excluding tert-OH is 1. The molecule has 0 saturated carbocycles. The van der Waals surface area contributed by atoms with E-state index in [0.29, 0.717) is 25.7 Å². The molecule has 0 heterocycles. The minimum absolute atomic E-state index is 0.105. The second-order valence-corrected chi connectivity index (χ2v) is 30.8. The lowest BCUT2D eigenvalue weighted by molar-refractivity contribution is -0.161. The van der Waals surface area contributed by atoms with Crippen molar-refractivity contribution in [2.24, 2.45) is 17.8 Å². The minimum Gasteiger partial charge on any atom is -0.462 e. The molecule has 0 aromatic carbocycles. The molecule has 0 rings (SSSR count). The molecule has 93 heavy (non-hydrogen) atoms. The van der Waals surface area contributed by atoms with Gasteiger partial charge in [-0.05, 0) is 43.4 Å². The van der Waals surface area contributed by atoms with Crippen LogP contribution >= 0.6 is 15.6 Å². The molecular formula is C74H144O17P2. The van der Waals surface area contributed by atoms with Crippen molar-refractivity contribution in [3.63, 3.8) is 0 Å². The van der Waals surface area contributed by atoms with E-state index in [0.717, 1.165) is 114 Å². The van der Waals surface area contributed by atoms with Crippen LogP contribution in [0.5, 0.6) is 0 Å². The lowest BCUT2D eigenvalue weighted by Gasteiger charge is -2.21. The standard InChI is InChI=1S/C74H144O17P2/c1-8-10-11-12-13-34-41-48-55-71(76)84-61-69(91-74(79)58-51-44-37-30-24-26-32-39-46-53-66(5)6)63-88-92(80,81)86-59-68(75)60-87-93(82,83)89-64-70(62-85-72(77)56-49-42-35-28-23-22-27-33-40-47-54-67(7)9-2)90-73(78)57-50-43-36-29-21-19-17-15-14-16-18-20-25-31-38-45-52-65(3)4/h65-70,75H,8-64H2,1-7H3,(H,80,81)(H,82,83)/t67?,68-,69+,70+/m0/s1. The van der Waals surface area contributed by atoms with Crippen LogP contribution in [0, 0.1) is 17.8 Å². The molecule has 0 aliphatic carbocycles. The van der Waals surface area contributed by atoms with E-state index in [-0.39, 0.29) is 25.7 Å². The zero-order valence-electron chi connectivity index (χ0n) is 60.7. The van der Waals surface area contributed by atoms with Gasteiger partial charge in [0, 0.05) is 25.7 Å². The normalized spacial score (nSPS) is 14.4. The van der Waals surface area contributed by atoms with Crippen LogP contribution in [0.4, 0.5) is 0 Å². The van der Waals surface area contributed by atoms with Crippen LogP contribution in [0.3, 0.4) is 0 Å². The Balaban J connectivity index is 5.21. The number of hydrogen-bond acceptors (Lipinski definition) is 15. The fraction of sp³-hybridized carbons (Fsp3) is 0.946. The lowest BCUT2D eigenvalue weighted by Crippen LogP contribution is -2.30. The third-order valence-electron chi connectivity index (χ3n) is 17.5. The highest BCUT2D eigenvalue weighted by molar-refractivity contribution is 7.47. The third-order valence-corrected chi connectivity index (χ3v) is 19.4. The van der Waals surface area contributed by atoms with Crippen LogP contribution in [-0.4, -0.2) is 96.7 Å².